The monoisotopic (exact) mass is 480 g/mol. The van der Waals surface area contributed by atoms with Crippen LogP contribution in [0.1, 0.15) is 30.5 Å². The van der Waals surface area contributed by atoms with Gasteiger partial charge in [-0.05, 0) is 49.2 Å². The first-order valence-corrected chi connectivity index (χ1v) is 11.8. The lowest BCUT2D eigenvalue weighted by Crippen LogP contribution is -2.31. The Morgan fingerprint density at radius 2 is 1.64 bits per heavy atom. The Morgan fingerprint density at radius 3 is 2.25 bits per heavy atom. The van der Waals surface area contributed by atoms with Crippen LogP contribution in [0.25, 0.3) is 0 Å². The first-order valence-electron chi connectivity index (χ1n) is 8.69. The topological polar surface area (TPSA) is 84.0 Å². The molecule has 28 heavy (non-hydrogen) atoms. The molecule has 3 aromatic rings. The lowest BCUT2D eigenvalue weighted by Gasteiger charge is -2.19. The van der Waals surface area contributed by atoms with Crippen molar-refractivity contribution in [1.29, 1.82) is 0 Å². The third-order valence-corrected chi connectivity index (χ3v) is 6.99. The lowest BCUT2D eigenvalue weighted by molar-refractivity contribution is 0.459. The van der Waals surface area contributed by atoms with E-state index in [0.29, 0.717) is 10.1 Å². The molecule has 6 nitrogen and oxygen atoms in total. The van der Waals surface area contributed by atoms with E-state index in [0.717, 1.165) is 15.7 Å². The minimum atomic E-state index is -3.66. The molecule has 0 spiro atoms. The molecule has 1 atom stereocenters. The molecule has 1 aromatic heterocycles. The number of hydrogen-bond donors (Lipinski definition) is 2. The van der Waals surface area contributed by atoms with Crippen molar-refractivity contribution >= 4 is 48.1 Å². The molecule has 0 saturated carbocycles. The van der Waals surface area contributed by atoms with Gasteiger partial charge in [-0.15, -0.1) is 10.2 Å². The normalized spacial score (nSPS) is 12.9. The number of anilines is 2. The number of benzene rings is 2. The number of rotatable bonds is 7. The fourth-order valence-corrected chi connectivity index (χ4v) is 5.17. The molecule has 2 N–H and O–H groups in total. The molecule has 0 amide bonds. The predicted molar refractivity (Wildman–Crippen MR) is 116 cm³/mol. The summed E-state index contributed by atoms with van der Waals surface area (Å²) >= 11 is 4.74. The molecule has 0 aliphatic heterocycles. The van der Waals surface area contributed by atoms with Crippen LogP contribution < -0.4 is 10.0 Å². The van der Waals surface area contributed by atoms with Crippen molar-refractivity contribution in [1.82, 2.24) is 14.9 Å². The van der Waals surface area contributed by atoms with E-state index < -0.39 is 16.1 Å². The Bertz CT molecular complexity index is 1030. The van der Waals surface area contributed by atoms with Gasteiger partial charge < -0.3 is 5.32 Å². The molecule has 0 bridgehead atoms. The van der Waals surface area contributed by atoms with Crippen LogP contribution in [0.15, 0.2) is 57.9 Å². The Morgan fingerprint density at radius 1 is 1.00 bits per heavy atom. The summed E-state index contributed by atoms with van der Waals surface area (Å²) < 4.78 is 29.3. The average molecular weight is 481 g/mol. The number of hydrogen-bond acceptors (Lipinski definition) is 6. The number of halogens is 1. The van der Waals surface area contributed by atoms with Crippen molar-refractivity contribution in [2.24, 2.45) is 5.92 Å². The zero-order valence-electron chi connectivity index (χ0n) is 15.7. The van der Waals surface area contributed by atoms with Gasteiger partial charge in [0, 0.05) is 10.2 Å². The van der Waals surface area contributed by atoms with Crippen molar-refractivity contribution in [3.8, 4) is 0 Å². The second kappa shape index (κ2) is 8.69. The SMILES string of the molecule is Cc1ccc(S(=O)(=O)NC(c2nnc(Nc3ccc(Br)cc3)s2)C(C)C)cc1. The highest BCUT2D eigenvalue weighted by atomic mass is 79.9. The first kappa shape index (κ1) is 20.9. The largest absolute Gasteiger partial charge is 0.330 e. The van der Waals surface area contributed by atoms with Gasteiger partial charge in [-0.1, -0.05) is 58.8 Å². The highest BCUT2D eigenvalue weighted by Gasteiger charge is 2.27. The van der Waals surface area contributed by atoms with Crippen LogP contribution in [0.3, 0.4) is 0 Å². The van der Waals surface area contributed by atoms with Gasteiger partial charge >= 0.3 is 0 Å². The van der Waals surface area contributed by atoms with Gasteiger partial charge in [-0.3, -0.25) is 0 Å². The molecule has 1 heterocycles. The summed E-state index contributed by atoms with van der Waals surface area (Å²) in [5, 5.41) is 12.8. The number of aryl methyl sites for hydroxylation is 1. The van der Waals surface area contributed by atoms with E-state index in [1.807, 2.05) is 45.0 Å². The number of aromatic nitrogens is 2. The van der Waals surface area contributed by atoms with Crippen LogP contribution >= 0.6 is 27.3 Å². The molecule has 3 rings (SSSR count). The highest BCUT2D eigenvalue weighted by Crippen LogP contribution is 2.30. The van der Waals surface area contributed by atoms with Crippen molar-refractivity contribution in [3.63, 3.8) is 0 Å². The summed E-state index contributed by atoms with van der Waals surface area (Å²) in [6, 6.07) is 14.0. The minimum Gasteiger partial charge on any atom is -0.330 e. The van der Waals surface area contributed by atoms with Gasteiger partial charge in [0.05, 0.1) is 10.9 Å². The smallest absolute Gasteiger partial charge is 0.241 e. The van der Waals surface area contributed by atoms with E-state index in [1.165, 1.54) is 11.3 Å². The van der Waals surface area contributed by atoms with Crippen molar-refractivity contribution in [2.75, 3.05) is 5.32 Å². The van der Waals surface area contributed by atoms with Gasteiger partial charge in [0.2, 0.25) is 15.2 Å². The molecule has 148 valence electrons. The number of sulfonamides is 1. The van der Waals surface area contributed by atoms with Crippen LogP contribution in [-0.4, -0.2) is 18.6 Å². The zero-order valence-corrected chi connectivity index (χ0v) is 18.9. The van der Waals surface area contributed by atoms with E-state index in [4.69, 9.17) is 0 Å². The number of nitrogens with one attached hydrogen (secondary N) is 2. The molecule has 0 radical (unpaired) electrons. The summed E-state index contributed by atoms with van der Waals surface area (Å²) in [7, 11) is -3.66. The van der Waals surface area contributed by atoms with Gasteiger partial charge in [0.25, 0.3) is 0 Å². The molecule has 0 fully saturated rings. The first-order chi connectivity index (χ1) is 13.2. The lowest BCUT2D eigenvalue weighted by atomic mass is 10.1. The minimum absolute atomic E-state index is 0.00806. The van der Waals surface area contributed by atoms with E-state index in [9.17, 15) is 8.42 Å². The third-order valence-electron chi connectivity index (χ3n) is 4.08. The van der Waals surface area contributed by atoms with Gasteiger partial charge in [0.1, 0.15) is 5.01 Å². The number of nitrogens with zero attached hydrogens (tertiary/aromatic N) is 2. The predicted octanol–water partition coefficient (Wildman–Crippen LogP) is 5.03. The maximum atomic E-state index is 12.8. The van der Waals surface area contributed by atoms with Crippen molar-refractivity contribution in [3.05, 3.63) is 63.6 Å². The molecule has 0 saturated heterocycles. The van der Waals surface area contributed by atoms with E-state index >= 15 is 0 Å². The maximum Gasteiger partial charge on any atom is 0.241 e. The van der Waals surface area contributed by atoms with Crippen LogP contribution in [0, 0.1) is 12.8 Å². The second-order valence-electron chi connectivity index (χ2n) is 6.73. The van der Waals surface area contributed by atoms with Crippen molar-refractivity contribution < 1.29 is 8.42 Å². The van der Waals surface area contributed by atoms with E-state index in [-0.39, 0.29) is 10.8 Å². The molecule has 0 aliphatic rings. The zero-order chi connectivity index (χ0) is 20.3. The van der Waals surface area contributed by atoms with E-state index in [1.54, 1.807) is 24.3 Å². The van der Waals surface area contributed by atoms with Crippen molar-refractivity contribution in [2.45, 2.75) is 31.7 Å². The molecule has 1 unspecified atom stereocenters. The molecule has 9 heteroatoms. The summed E-state index contributed by atoms with van der Waals surface area (Å²) in [5.74, 6) is 0.00806. The average Bonchev–Trinajstić information content (AvgIpc) is 3.10. The molecule has 0 aliphatic carbocycles. The Kier molecular flexibility index (Phi) is 6.49. The fourth-order valence-electron chi connectivity index (χ4n) is 2.49. The second-order valence-corrected chi connectivity index (χ2v) is 10.4. The molecule has 2 aromatic carbocycles. The summed E-state index contributed by atoms with van der Waals surface area (Å²) in [6.45, 7) is 5.82. The fraction of sp³-hybridized carbons (Fsp3) is 0.263. The summed E-state index contributed by atoms with van der Waals surface area (Å²) in [4.78, 5) is 0.237. The molecular formula is C19H21BrN4O2S2. The van der Waals surface area contributed by atoms with Crippen LogP contribution in [0.2, 0.25) is 0 Å². The van der Waals surface area contributed by atoms with Gasteiger partial charge in [0.15, 0.2) is 0 Å². The van der Waals surface area contributed by atoms with Crippen LogP contribution in [0.5, 0.6) is 0 Å². The summed E-state index contributed by atoms with van der Waals surface area (Å²) in [5.41, 5.74) is 1.89. The van der Waals surface area contributed by atoms with E-state index in [2.05, 4.69) is 36.2 Å². The van der Waals surface area contributed by atoms with Gasteiger partial charge in [-0.25, -0.2) is 13.1 Å². The van der Waals surface area contributed by atoms with Crippen LogP contribution in [-0.2, 0) is 10.0 Å². The Balaban J connectivity index is 1.80. The Hall–Kier alpha value is -1.81. The van der Waals surface area contributed by atoms with Gasteiger partial charge in [-0.2, -0.15) is 0 Å². The summed E-state index contributed by atoms with van der Waals surface area (Å²) in [6.07, 6.45) is 0. The standard InChI is InChI=1S/C19H21BrN4O2S2/c1-12(2)17(24-28(25,26)16-10-4-13(3)5-11-16)18-22-23-19(27-18)21-15-8-6-14(20)7-9-15/h4-12,17,24H,1-3H3,(H,21,23). The molecular weight excluding hydrogens is 460 g/mol. The maximum absolute atomic E-state index is 12.8. The quantitative estimate of drug-likeness (QED) is 0.495. The Labute approximate surface area is 177 Å². The van der Waals surface area contributed by atoms with Crippen LogP contribution in [0.4, 0.5) is 10.8 Å². The third kappa shape index (κ3) is 5.16. The highest BCUT2D eigenvalue weighted by molar-refractivity contribution is 9.10.